The number of nitrogens with one attached hydrogen (secondary N) is 1. The molecule has 0 radical (unpaired) electrons. The van der Waals surface area contributed by atoms with Crippen molar-refractivity contribution in [3.8, 4) is 11.3 Å². The first kappa shape index (κ1) is 17.3. The molecule has 3 rings (SSSR count). The van der Waals surface area contributed by atoms with E-state index in [1.807, 2.05) is 30.3 Å². The van der Waals surface area contributed by atoms with Crippen molar-refractivity contribution in [2.75, 3.05) is 6.54 Å². The van der Waals surface area contributed by atoms with Crippen molar-refractivity contribution in [2.24, 2.45) is 7.05 Å². The molecule has 0 fully saturated rings. The number of rotatable bonds is 6. The maximum atomic E-state index is 12.4. The minimum Gasteiger partial charge on any atom is -0.350 e. The molecule has 0 unspecified atom stereocenters. The Labute approximate surface area is 150 Å². The molecule has 1 aromatic heterocycles. The number of aryl methyl sites for hydroxylation is 1. The van der Waals surface area contributed by atoms with Crippen LogP contribution in [0.25, 0.3) is 11.3 Å². The number of nitro groups is 1. The van der Waals surface area contributed by atoms with Gasteiger partial charge >= 0.3 is 0 Å². The van der Waals surface area contributed by atoms with Crippen LogP contribution >= 0.6 is 0 Å². The zero-order valence-corrected chi connectivity index (χ0v) is 14.3. The third-order valence-electron chi connectivity index (χ3n) is 4.03. The summed E-state index contributed by atoms with van der Waals surface area (Å²) in [5.74, 6) is -0.205. The van der Waals surface area contributed by atoms with E-state index in [2.05, 4.69) is 10.4 Å². The number of aromatic nitrogens is 2. The van der Waals surface area contributed by atoms with E-state index in [0.717, 1.165) is 17.5 Å². The van der Waals surface area contributed by atoms with Gasteiger partial charge in [-0.2, -0.15) is 5.10 Å². The fourth-order valence-corrected chi connectivity index (χ4v) is 2.63. The number of carbonyl (C=O) groups excluding carboxylic acids is 1. The molecule has 2 aromatic carbocycles. The van der Waals surface area contributed by atoms with Crippen molar-refractivity contribution in [2.45, 2.75) is 6.42 Å². The maximum absolute atomic E-state index is 12.4. The van der Waals surface area contributed by atoms with Crippen molar-refractivity contribution >= 4 is 11.6 Å². The molecule has 0 aliphatic rings. The van der Waals surface area contributed by atoms with Gasteiger partial charge in [0.05, 0.1) is 10.6 Å². The third-order valence-corrected chi connectivity index (χ3v) is 4.03. The summed E-state index contributed by atoms with van der Waals surface area (Å²) < 4.78 is 1.51. The van der Waals surface area contributed by atoms with Gasteiger partial charge in [-0.3, -0.25) is 19.6 Å². The van der Waals surface area contributed by atoms with Crippen LogP contribution in [-0.4, -0.2) is 27.2 Å². The van der Waals surface area contributed by atoms with Gasteiger partial charge in [-0.25, -0.2) is 0 Å². The zero-order valence-electron chi connectivity index (χ0n) is 14.3. The lowest BCUT2D eigenvalue weighted by Crippen LogP contribution is -2.27. The minimum absolute atomic E-state index is 0.0172. The molecule has 7 nitrogen and oxygen atoms in total. The molecule has 7 heteroatoms. The van der Waals surface area contributed by atoms with Crippen LogP contribution in [0, 0.1) is 10.1 Å². The van der Waals surface area contributed by atoms with Crippen LogP contribution in [0.3, 0.4) is 0 Å². The van der Waals surface area contributed by atoms with Gasteiger partial charge in [0.2, 0.25) is 0 Å². The monoisotopic (exact) mass is 350 g/mol. The Morgan fingerprint density at radius 3 is 2.50 bits per heavy atom. The molecule has 0 bridgehead atoms. The van der Waals surface area contributed by atoms with Crippen molar-refractivity contribution in [1.29, 1.82) is 0 Å². The van der Waals surface area contributed by atoms with Gasteiger partial charge in [-0.15, -0.1) is 0 Å². The summed E-state index contributed by atoms with van der Waals surface area (Å²) in [7, 11) is 1.70. The molecule has 26 heavy (non-hydrogen) atoms. The smallest absolute Gasteiger partial charge is 0.269 e. The lowest BCUT2D eigenvalue weighted by Gasteiger charge is -2.05. The number of carbonyl (C=O) groups is 1. The van der Waals surface area contributed by atoms with E-state index in [1.165, 1.54) is 16.8 Å². The third kappa shape index (κ3) is 3.94. The standard InChI is InChI=1S/C19H18N4O3/c1-22-18(19(24)20-12-11-14-5-3-2-4-6-14)13-17(21-22)15-7-9-16(10-8-15)23(25)26/h2-10,13H,11-12H2,1H3,(H,20,24). The predicted molar refractivity (Wildman–Crippen MR) is 97.8 cm³/mol. The second-order valence-electron chi connectivity index (χ2n) is 5.83. The molecule has 0 aliphatic carbocycles. The number of hydrogen-bond donors (Lipinski definition) is 1. The van der Waals surface area contributed by atoms with Crippen LogP contribution < -0.4 is 5.32 Å². The highest BCUT2D eigenvalue weighted by Crippen LogP contribution is 2.22. The van der Waals surface area contributed by atoms with Gasteiger partial charge in [0.1, 0.15) is 5.69 Å². The number of hydrogen-bond acceptors (Lipinski definition) is 4. The Morgan fingerprint density at radius 2 is 1.85 bits per heavy atom. The van der Waals surface area contributed by atoms with Crippen LogP contribution in [0.2, 0.25) is 0 Å². The summed E-state index contributed by atoms with van der Waals surface area (Å²) in [5.41, 5.74) is 2.92. The second-order valence-corrected chi connectivity index (χ2v) is 5.83. The SMILES string of the molecule is Cn1nc(-c2ccc([N+](=O)[O-])cc2)cc1C(=O)NCCc1ccccc1. The lowest BCUT2D eigenvalue weighted by molar-refractivity contribution is -0.384. The number of nitro benzene ring substituents is 1. The number of amides is 1. The van der Waals surface area contributed by atoms with Crippen molar-refractivity contribution in [1.82, 2.24) is 15.1 Å². The lowest BCUT2D eigenvalue weighted by atomic mass is 10.1. The highest BCUT2D eigenvalue weighted by Gasteiger charge is 2.14. The molecule has 3 aromatic rings. The highest BCUT2D eigenvalue weighted by atomic mass is 16.6. The first-order valence-corrected chi connectivity index (χ1v) is 8.15. The largest absolute Gasteiger partial charge is 0.350 e. The molecule has 132 valence electrons. The van der Waals surface area contributed by atoms with Crippen molar-refractivity contribution < 1.29 is 9.72 Å². The average Bonchev–Trinajstić information content (AvgIpc) is 3.04. The van der Waals surface area contributed by atoms with Gasteiger partial charge in [0.25, 0.3) is 11.6 Å². The summed E-state index contributed by atoms with van der Waals surface area (Å²) in [6.45, 7) is 0.529. The summed E-state index contributed by atoms with van der Waals surface area (Å²) in [6.07, 6.45) is 0.750. The second kappa shape index (κ2) is 7.60. The predicted octanol–water partition coefficient (Wildman–Crippen LogP) is 2.97. The summed E-state index contributed by atoms with van der Waals surface area (Å²) in [6, 6.07) is 17.7. The molecule has 0 saturated heterocycles. The van der Waals surface area contributed by atoms with Crippen LogP contribution in [-0.2, 0) is 13.5 Å². The highest BCUT2D eigenvalue weighted by molar-refractivity contribution is 5.93. The van der Waals surface area contributed by atoms with E-state index in [4.69, 9.17) is 0 Å². The molecular weight excluding hydrogens is 332 g/mol. The van der Waals surface area contributed by atoms with E-state index in [1.54, 1.807) is 25.2 Å². The molecule has 0 saturated carbocycles. The van der Waals surface area contributed by atoms with Gasteiger partial charge in [0, 0.05) is 31.3 Å². The van der Waals surface area contributed by atoms with E-state index in [0.29, 0.717) is 17.9 Å². The Hall–Kier alpha value is -3.48. The van der Waals surface area contributed by atoms with E-state index in [9.17, 15) is 14.9 Å². The van der Waals surface area contributed by atoms with Gasteiger partial charge in [-0.05, 0) is 30.2 Å². The van der Waals surface area contributed by atoms with Crippen LogP contribution in [0.5, 0.6) is 0 Å². The minimum atomic E-state index is -0.451. The maximum Gasteiger partial charge on any atom is 0.269 e. The Kier molecular flexibility index (Phi) is 5.07. The zero-order chi connectivity index (χ0) is 18.5. The molecule has 1 amide bonds. The fraction of sp³-hybridized carbons (Fsp3) is 0.158. The molecule has 1 N–H and O–H groups in total. The number of non-ortho nitro benzene ring substituents is 1. The molecule has 0 atom stereocenters. The summed E-state index contributed by atoms with van der Waals surface area (Å²) >= 11 is 0. The van der Waals surface area contributed by atoms with Crippen LogP contribution in [0.1, 0.15) is 16.1 Å². The van der Waals surface area contributed by atoms with Crippen LogP contribution in [0.4, 0.5) is 5.69 Å². The van der Waals surface area contributed by atoms with Crippen molar-refractivity contribution in [3.63, 3.8) is 0 Å². The van der Waals surface area contributed by atoms with E-state index >= 15 is 0 Å². The van der Waals surface area contributed by atoms with Crippen LogP contribution in [0.15, 0.2) is 60.7 Å². The topological polar surface area (TPSA) is 90.1 Å². The molecule has 0 aliphatic heterocycles. The fourth-order valence-electron chi connectivity index (χ4n) is 2.63. The molecule has 1 heterocycles. The number of benzene rings is 2. The van der Waals surface area contributed by atoms with Crippen molar-refractivity contribution in [3.05, 3.63) is 82.0 Å². The first-order valence-electron chi connectivity index (χ1n) is 8.15. The molecular formula is C19H18N4O3. The van der Waals surface area contributed by atoms with Gasteiger partial charge in [0.15, 0.2) is 0 Å². The summed E-state index contributed by atoms with van der Waals surface area (Å²) in [5, 5.41) is 17.9. The Morgan fingerprint density at radius 1 is 1.15 bits per heavy atom. The average molecular weight is 350 g/mol. The van der Waals surface area contributed by atoms with E-state index in [-0.39, 0.29) is 11.6 Å². The first-order chi connectivity index (χ1) is 12.5. The van der Waals surface area contributed by atoms with E-state index < -0.39 is 4.92 Å². The normalized spacial score (nSPS) is 10.5. The van der Waals surface area contributed by atoms with Gasteiger partial charge in [-0.1, -0.05) is 30.3 Å². The summed E-state index contributed by atoms with van der Waals surface area (Å²) in [4.78, 5) is 22.7. The Balaban J connectivity index is 1.67. The van der Waals surface area contributed by atoms with Gasteiger partial charge < -0.3 is 5.32 Å². The Bertz CT molecular complexity index is 918. The molecule has 0 spiro atoms. The number of nitrogens with zero attached hydrogens (tertiary/aromatic N) is 3. The quantitative estimate of drug-likeness (QED) is 0.547.